The summed E-state index contributed by atoms with van der Waals surface area (Å²) < 4.78 is 40.2. The zero-order valence-corrected chi connectivity index (χ0v) is 22.4. The van der Waals surface area contributed by atoms with Gasteiger partial charge in [-0.15, -0.1) is 0 Å². The number of Topliss-reactive ketones (excluding diaryl/α,β-unsaturated/α-hetero) is 1. The highest BCUT2D eigenvalue weighted by Crippen LogP contribution is 2.29. The molecule has 4 rings (SSSR count). The molecule has 5 nitrogen and oxygen atoms in total. The minimum absolute atomic E-state index is 0.0210. The molecule has 37 heavy (non-hydrogen) atoms. The summed E-state index contributed by atoms with van der Waals surface area (Å²) in [6.45, 7) is 5.12. The van der Waals surface area contributed by atoms with Gasteiger partial charge in [0, 0.05) is 41.4 Å². The van der Waals surface area contributed by atoms with Crippen molar-refractivity contribution in [3.8, 4) is 0 Å². The Bertz CT molecular complexity index is 1390. The van der Waals surface area contributed by atoms with Gasteiger partial charge >= 0.3 is 0 Å². The number of amides is 1. The van der Waals surface area contributed by atoms with Crippen LogP contribution in [-0.4, -0.2) is 51.7 Å². The number of nitrogens with zero attached hydrogens (tertiary/aromatic N) is 2. The number of benzene rings is 3. The molecule has 1 saturated heterocycles. The zero-order valence-electron chi connectivity index (χ0n) is 20.1. The van der Waals surface area contributed by atoms with E-state index < -0.39 is 39.5 Å². The lowest BCUT2D eigenvalue weighted by Gasteiger charge is -2.46. The number of ketones is 1. The maximum Gasteiger partial charge on any atom is 0.254 e. The summed E-state index contributed by atoms with van der Waals surface area (Å²) in [5, 5.41) is 0.695. The second-order valence-corrected chi connectivity index (χ2v) is 11.1. The van der Waals surface area contributed by atoms with E-state index in [4.69, 9.17) is 23.2 Å². The molecule has 1 amide bonds. The largest absolute Gasteiger partial charge is 0.365 e. The Morgan fingerprint density at radius 3 is 2.41 bits per heavy atom. The van der Waals surface area contributed by atoms with Gasteiger partial charge in [0.15, 0.2) is 17.4 Å². The second-order valence-electron chi connectivity index (χ2n) is 8.81. The van der Waals surface area contributed by atoms with Crippen LogP contribution in [0.2, 0.25) is 10.0 Å². The first-order valence-corrected chi connectivity index (χ1v) is 13.6. The van der Waals surface area contributed by atoms with Gasteiger partial charge in [0.05, 0.1) is 32.0 Å². The van der Waals surface area contributed by atoms with E-state index in [0.29, 0.717) is 23.7 Å². The third-order valence-electron chi connectivity index (χ3n) is 6.60. The lowest BCUT2D eigenvalue weighted by atomic mass is 10.0. The van der Waals surface area contributed by atoms with Crippen LogP contribution in [0.5, 0.6) is 0 Å². The molecule has 10 heteroatoms. The summed E-state index contributed by atoms with van der Waals surface area (Å²) >= 11 is 12.5. The quantitative estimate of drug-likeness (QED) is 0.344. The molecular weight excluding hydrogens is 541 g/mol. The summed E-state index contributed by atoms with van der Waals surface area (Å²) in [5.74, 6) is -4.05. The first kappa shape index (κ1) is 27.2. The van der Waals surface area contributed by atoms with Crippen LogP contribution in [-0.2, 0) is 10.8 Å². The van der Waals surface area contributed by atoms with E-state index in [1.165, 1.54) is 24.3 Å². The number of carbonyl (C=O) groups excluding carboxylic acids is 2. The van der Waals surface area contributed by atoms with Crippen LogP contribution in [0.15, 0.2) is 65.6 Å². The first-order valence-electron chi connectivity index (χ1n) is 11.6. The summed E-state index contributed by atoms with van der Waals surface area (Å²) in [4.78, 5) is 29.8. The number of rotatable bonds is 6. The molecule has 0 bridgehead atoms. The van der Waals surface area contributed by atoms with Crippen molar-refractivity contribution in [2.75, 3.05) is 23.7 Å². The molecule has 3 aromatic rings. The zero-order chi connectivity index (χ0) is 26.9. The first-order chi connectivity index (χ1) is 17.6. The summed E-state index contributed by atoms with van der Waals surface area (Å²) in [5.41, 5.74) is 0.835. The molecule has 3 atom stereocenters. The molecule has 1 fully saturated rings. The average Bonchev–Trinajstić information content (AvgIpc) is 2.86. The molecule has 0 N–H and O–H groups in total. The molecule has 194 valence electrons. The standard InChI is InChI=1S/C27H24Cl2F2N2O3S/c1-16-17(2)33(12-11-32(16)20-6-3-5-19(28)14-20)27(35)18-9-10-25(22(29)13-18)37(36)15-24(34)21-7-4-8-23(30)26(21)31/h3-10,13-14,16-17H,11-12,15H2,1-2H3/t16?,17-,37?/m0/s1. The second kappa shape index (κ2) is 11.3. The van der Waals surface area contributed by atoms with Crippen LogP contribution < -0.4 is 4.90 Å². The molecule has 1 heterocycles. The predicted octanol–water partition coefficient (Wildman–Crippen LogP) is 6.00. The highest BCUT2D eigenvalue weighted by molar-refractivity contribution is 7.86. The number of carbonyl (C=O) groups is 2. The van der Waals surface area contributed by atoms with Gasteiger partial charge in [-0.05, 0) is 62.4 Å². The van der Waals surface area contributed by atoms with Crippen molar-refractivity contribution in [1.29, 1.82) is 0 Å². The molecule has 3 aromatic carbocycles. The van der Waals surface area contributed by atoms with Crippen molar-refractivity contribution in [3.63, 3.8) is 0 Å². The third-order valence-corrected chi connectivity index (χ3v) is 8.63. The van der Waals surface area contributed by atoms with Gasteiger partial charge in [-0.25, -0.2) is 8.78 Å². The Balaban J connectivity index is 1.47. The molecule has 1 aliphatic heterocycles. The maximum atomic E-state index is 13.9. The van der Waals surface area contributed by atoms with E-state index >= 15 is 0 Å². The van der Waals surface area contributed by atoms with E-state index in [9.17, 15) is 22.6 Å². The van der Waals surface area contributed by atoms with Crippen molar-refractivity contribution in [2.24, 2.45) is 0 Å². The molecule has 0 spiro atoms. The van der Waals surface area contributed by atoms with Gasteiger partial charge in [0.25, 0.3) is 5.91 Å². The highest BCUT2D eigenvalue weighted by atomic mass is 35.5. The molecule has 1 aliphatic rings. The third kappa shape index (κ3) is 5.71. The maximum absolute atomic E-state index is 13.9. The van der Waals surface area contributed by atoms with Crippen LogP contribution in [0, 0.1) is 11.6 Å². The number of piperazine rings is 1. The Kier molecular flexibility index (Phi) is 8.31. The van der Waals surface area contributed by atoms with Crippen LogP contribution in [0.4, 0.5) is 14.5 Å². The van der Waals surface area contributed by atoms with Gasteiger partial charge in [-0.2, -0.15) is 0 Å². The van der Waals surface area contributed by atoms with Crippen molar-refractivity contribution in [1.82, 2.24) is 4.90 Å². The minimum atomic E-state index is -1.92. The van der Waals surface area contributed by atoms with E-state index in [0.717, 1.165) is 17.8 Å². The van der Waals surface area contributed by atoms with Crippen LogP contribution in [0.1, 0.15) is 34.6 Å². The van der Waals surface area contributed by atoms with Crippen LogP contribution in [0.3, 0.4) is 0 Å². The number of anilines is 1. The van der Waals surface area contributed by atoms with Crippen LogP contribution in [0.25, 0.3) is 0 Å². The highest BCUT2D eigenvalue weighted by Gasteiger charge is 2.34. The van der Waals surface area contributed by atoms with Gasteiger partial charge < -0.3 is 9.80 Å². The predicted molar refractivity (Wildman–Crippen MR) is 142 cm³/mol. The Morgan fingerprint density at radius 1 is 0.973 bits per heavy atom. The summed E-state index contributed by atoms with van der Waals surface area (Å²) in [6.07, 6.45) is 0. The fourth-order valence-corrected chi connectivity index (χ4v) is 6.10. The van der Waals surface area contributed by atoms with Gasteiger partial charge in [0.1, 0.15) is 0 Å². The van der Waals surface area contributed by atoms with Crippen molar-refractivity contribution >= 4 is 51.4 Å². The van der Waals surface area contributed by atoms with E-state index in [2.05, 4.69) is 4.90 Å². The number of hydrogen-bond acceptors (Lipinski definition) is 4. The summed E-state index contributed by atoms with van der Waals surface area (Å²) in [6, 6.07) is 15.1. The molecule has 0 saturated carbocycles. The average molecular weight is 565 g/mol. The van der Waals surface area contributed by atoms with E-state index in [-0.39, 0.29) is 27.9 Å². The van der Waals surface area contributed by atoms with Crippen molar-refractivity contribution in [3.05, 3.63) is 93.5 Å². The lowest BCUT2D eigenvalue weighted by Crippen LogP contribution is -2.59. The minimum Gasteiger partial charge on any atom is -0.365 e. The topological polar surface area (TPSA) is 57.7 Å². The van der Waals surface area contributed by atoms with Crippen molar-refractivity contribution < 1.29 is 22.6 Å². The van der Waals surface area contributed by atoms with Crippen LogP contribution >= 0.6 is 23.2 Å². The summed E-state index contributed by atoms with van der Waals surface area (Å²) in [7, 11) is -1.92. The van der Waals surface area contributed by atoms with E-state index in [1.807, 2.05) is 38.1 Å². The number of halogens is 4. The van der Waals surface area contributed by atoms with Gasteiger partial charge in [0.2, 0.25) is 0 Å². The normalized spacial score (nSPS) is 18.5. The molecular formula is C27H24Cl2F2N2O3S. The molecule has 2 unspecified atom stereocenters. The molecule has 0 aromatic heterocycles. The van der Waals surface area contributed by atoms with Gasteiger partial charge in [-0.1, -0.05) is 35.3 Å². The molecule has 0 radical (unpaired) electrons. The number of hydrogen-bond donors (Lipinski definition) is 0. The molecule has 0 aliphatic carbocycles. The Morgan fingerprint density at radius 2 is 1.70 bits per heavy atom. The monoisotopic (exact) mass is 564 g/mol. The van der Waals surface area contributed by atoms with E-state index in [1.54, 1.807) is 4.90 Å². The fourth-order valence-electron chi connectivity index (χ4n) is 4.43. The smallest absolute Gasteiger partial charge is 0.254 e. The lowest BCUT2D eigenvalue weighted by molar-refractivity contribution is 0.0634. The van der Waals surface area contributed by atoms with Crippen molar-refractivity contribution in [2.45, 2.75) is 30.8 Å². The Hall–Kier alpha value is -2.81. The van der Waals surface area contributed by atoms with Gasteiger partial charge in [-0.3, -0.25) is 13.8 Å². The SMILES string of the molecule is CC1[C@H](C)N(C(=O)c2ccc(S(=O)CC(=O)c3cccc(F)c3F)c(Cl)c2)CCN1c1cccc(Cl)c1. The Labute approximate surface area is 226 Å². The fraction of sp³-hybridized carbons (Fsp3) is 0.259.